The molecule has 1 saturated heterocycles. The molecule has 2 heterocycles. The molecule has 1 aliphatic rings. The molecular weight excluding hydrogens is 180 g/mol. The molecule has 1 aromatic heterocycles. The first kappa shape index (κ1) is 9.21. The van der Waals surface area contributed by atoms with Crippen LogP contribution in [0.3, 0.4) is 0 Å². The second-order valence-corrected chi connectivity index (χ2v) is 3.44. The monoisotopic (exact) mass is 194 g/mol. The van der Waals surface area contributed by atoms with Crippen molar-refractivity contribution < 1.29 is 0 Å². The molecule has 1 aromatic rings. The second kappa shape index (κ2) is 4.23. The van der Waals surface area contributed by atoms with Crippen molar-refractivity contribution in [2.75, 3.05) is 18.4 Å². The number of hydrogen-bond acceptors (Lipinski definition) is 4. The van der Waals surface area contributed by atoms with Gasteiger partial charge < -0.3 is 15.6 Å². The second-order valence-electron chi connectivity index (χ2n) is 3.44. The number of rotatable bonds is 2. The molecule has 1 aliphatic heterocycles. The van der Waals surface area contributed by atoms with Gasteiger partial charge in [0, 0.05) is 18.4 Å². The Kier molecular flexibility index (Phi) is 2.78. The average molecular weight is 194 g/mol. The van der Waals surface area contributed by atoms with Crippen LogP contribution in [0.15, 0.2) is 17.2 Å². The van der Waals surface area contributed by atoms with E-state index in [1.165, 1.54) is 6.20 Å². The molecule has 2 rings (SSSR count). The molecule has 1 fully saturated rings. The Morgan fingerprint density at radius 3 is 2.93 bits per heavy atom. The Morgan fingerprint density at radius 2 is 2.21 bits per heavy atom. The number of nitrogens with zero attached hydrogens (tertiary/aromatic N) is 1. The summed E-state index contributed by atoms with van der Waals surface area (Å²) < 4.78 is 0. The number of aromatic nitrogens is 2. The lowest BCUT2D eigenvalue weighted by atomic mass is 10.1. The summed E-state index contributed by atoms with van der Waals surface area (Å²) in [4.78, 5) is 17.9. The molecule has 14 heavy (non-hydrogen) atoms. The van der Waals surface area contributed by atoms with Gasteiger partial charge in [-0.25, -0.2) is 4.98 Å². The van der Waals surface area contributed by atoms with Crippen molar-refractivity contribution >= 4 is 5.82 Å². The van der Waals surface area contributed by atoms with E-state index in [0.29, 0.717) is 11.9 Å². The molecule has 0 unspecified atom stereocenters. The minimum atomic E-state index is -0.147. The van der Waals surface area contributed by atoms with Crippen molar-refractivity contribution in [2.24, 2.45) is 0 Å². The summed E-state index contributed by atoms with van der Waals surface area (Å²) in [7, 11) is 0. The van der Waals surface area contributed by atoms with E-state index >= 15 is 0 Å². The number of nitrogens with one attached hydrogen (secondary N) is 3. The molecule has 0 radical (unpaired) electrons. The maximum absolute atomic E-state index is 11.3. The van der Waals surface area contributed by atoms with E-state index in [2.05, 4.69) is 20.6 Å². The Bertz CT molecular complexity index is 343. The smallest absolute Gasteiger partial charge is 0.290 e. The van der Waals surface area contributed by atoms with Gasteiger partial charge in [0.2, 0.25) is 0 Å². The highest BCUT2D eigenvalue weighted by atomic mass is 16.1. The van der Waals surface area contributed by atoms with Gasteiger partial charge in [-0.15, -0.1) is 0 Å². The van der Waals surface area contributed by atoms with Gasteiger partial charge in [-0.05, 0) is 25.9 Å². The minimum absolute atomic E-state index is 0.147. The van der Waals surface area contributed by atoms with Crippen molar-refractivity contribution in [2.45, 2.75) is 18.9 Å². The molecule has 0 bridgehead atoms. The van der Waals surface area contributed by atoms with Crippen LogP contribution in [0.2, 0.25) is 0 Å². The van der Waals surface area contributed by atoms with E-state index in [9.17, 15) is 4.79 Å². The number of H-pyrrole nitrogens is 1. The van der Waals surface area contributed by atoms with Crippen molar-refractivity contribution in [3.05, 3.63) is 22.7 Å². The Hall–Kier alpha value is -1.36. The third-order valence-electron chi connectivity index (χ3n) is 2.39. The SMILES string of the molecule is O=c1[nH]ccnc1NC1CCNCC1. The maximum atomic E-state index is 11.3. The number of aromatic amines is 1. The highest BCUT2D eigenvalue weighted by Crippen LogP contribution is 2.06. The molecule has 5 heteroatoms. The van der Waals surface area contributed by atoms with Gasteiger partial charge in [-0.3, -0.25) is 4.79 Å². The summed E-state index contributed by atoms with van der Waals surface area (Å²) in [5, 5.41) is 6.42. The molecule has 3 N–H and O–H groups in total. The van der Waals surface area contributed by atoms with Crippen LogP contribution in [0.25, 0.3) is 0 Å². The third kappa shape index (κ3) is 2.11. The predicted molar refractivity (Wildman–Crippen MR) is 54.4 cm³/mol. The van der Waals surface area contributed by atoms with E-state index < -0.39 is 0 Å². The lowest BCUT2D eigenvalue weighted by Gasteiger charge is -2.23. The maximum Gasteiger partial charge on any atom is 0.290 e. The minimum Gasteiger partial charge on any atom is -0.363 e. The molecule has 0 spiro atoms. The summed E-state index contributed by atoms with van der Waals surface area (Å²) in [6.45, 7) is 2.00. The van der Waals surface area contributed by atoms with Crippen LogP contribution >= 0.6 is 0 Å². The van der Waals surface area contributed by atoms with Crippen molar-refractivity contribution in [3.8, 4) is 0 Å². The van der Waals surface area contributed by atoms with E-state index in [4.69, 9.17) is 0 Å². The molecule has 0 amide bonds. The molecule has 0 aliphatic carbocycles. The van der Waals surface area contributed by atoms with Gasteiger partial charge in [-0.1, -0.05) is 0 Å². The average Bonchev–Trinajstić information content (AvgIpc) is 2.23. The normalized spacial score (nSPS) is 18.0. The fraction of sp³-hybridized carbons (Fsp3) is 0.556. The molecular formula is C9H14N4O. The van der Waals surface area contributed by atoms with Crippen LogP contribution in [0.5, 0.6) is 0 Å². The topological polar surface area (TPSA) is 69.8 Å². The fourth-order valence-corrected chi connectivity index (χ4v) is 1.61. The summed E-state index contributed by atoms with van der Waals surface area (Å²) in [6, 6.07) is 0.368. The van der Waals surface area contributed by atoms with E-state index in [-0.39, 0.29) is 5.56 Å². The highest BCUT2D eigenvalue weighted by Gasteiger charge is 2.13. The van der Waals surface area contributed by atoms with Gasteiger partial charge in [0.25, 0.3) is 5.56 Å². The van der Waals surface area contributed by atoms with Crippen LogP contribution in [0.4, 0.5) is 5.82 Å². The highest BCUT2D eigenvalue weighted by molar-refractivity contribution is 5.31. The number of hydrogen-bond donors (Lipinski definition) is 3. The van der Waals surface area contributed by atoms with Crippen LogP contribution in [0, 0.1) is 0 Å². The van der Waals surface area contributed by atoms with E-state index in [1.54, 1.807) is 6.20 Å². The van der Waals surface area contributed by atoms with Crippen molar-refractivity contribution in [1.82, 2.24) is 15.3 Å². The van der Waals surface area contributed by atoms with Gasteiger partial charge in [0.05, 0.1) is 0 Å². The lowest BCUT2D eigenvalue weighted by molar-refractivity contribution is 0.478. The van der Waals surface area contributed by atoms with Gasteiger partial charge >= 0.3 is 0 Å². The molecule has 0 saturated carbocycles. The fourth-order valence-electron chi connectivity index (χ4n) is 1.61. The lowest BCUT2D eigenvalue weighted by Crippen LogP contribution is -2.36. The summed E-state index contributed by atoms with van der Waals surface area (Å²) >= 11 is 0. The van der Waals surface area contributed by atoms with Gasteiger partial charge in [0.15, 0.2) is 5.82 Å². The standard InChI is InChI=1S/C9H14N4O/c14-9-8(11-5-6-12-9)13-7-1-3-10-4-2-7/h5-7,10H,1-4H2,(H,11,13)(H,12,14). The Balaban J connectivity index is 2.03. The first-order valence-corrected chi connectivity index (χ1v) is 4.87. The van der Waals surface area contributed by atoms with Crippen LogP contribution in [0.1, 0.15) is 12.8 Å². The molecule has 0 aromatic carbocycles. The van der Waals surface area contributed by atoms with Crippen molar-refractivity contribution in [1.29, 1.82) is 0 Å². The number of anilines is 1. The largest absolute Gasteiger partial charge is 0.363 e. The molecule has 0 atom stereocenters. The summed E-state index contributed by atoms with van der Waals surface area (Å²) in [6.07, 6.45) is 5.20. The zero-order valence-electron chi connectivity index (χ0n) is 7.92. The summed E-state index contributed by atoms with van der Waals surface area (Å²) in [5.74, 6) is 0.430. The quantitative estimate of drug-likeness (QED) is 0.616. The zero-order valence-corrected chi connectivity index (χ0v) is 7.92. The Labute approximate surface area is 82.0 Å². The predicted octanol–water partition coefficient (Wildman–Crippen LogP) is -0.0662. The molecule has 76 valence electrons. The summed E-state index contributed by atoms with van der Waals surface area (Å²) in [5.41, 5.74) is -0.147. The van der Waals surface area contributed by atoms with Crippen molar-refractivity contribution in [3.63, 3.8) is 0 Å². The first-order chi connectivity index (χ1) is 6.86. The third-order valence-corrected chi connectivity index (χ3v) is 2.39. The molecule has 5 nitrogen and oxygen atoms in total. The first-order valence-electron chi connectivity index (χ1n) is 4.87. The zero-order chi connectivity index (χ0) is 9.80. The van der Waals surface area contributed by atoms with E-state index in [1.807, 2.05) is 0 Å². The van der Waals surface area contributed by atoms with Crippen LogP contribution in [-0.2, 0) is 0 Å². The number of piperidine rings is 1. The van der Waals surface area contributed by atoms with Gasteiger partial charge in [-0.2, -0.15) is 0 Å². The van der Waals surface area contributed by atoms with E-state index in [0.717, 1.165) is 25.9 Å². The van der Waals surface area contributed by atoms with Gasteiger partial charge in [0.1, 0.15) is 0 Å². The van der Waals surface area contributed by atoms with Crippen LogP contribution < -0.4 is 16.2 Å². The van der Waals surface area contributed by atoms with Crippen LogP contribution in [-0.4, -0.2) is 29.1 Å². The Morgan fingerprint density at radius 1 is 1.43 bits per heavy atom.